The SMILES string of the molecule is CC(C)c1cccc(C[P+](c2ccccc2)(c2ccccc2)c2ccccc2)c1. The number of hydrogen-bond donors (Lipinski definition) is 0. The molecule has 0 fully saturated rings. The Morgan fingerprint density at radius 3 is 1.41 bits per heavy atom. The van der Waals surface area contributed by atoms with E-state index in [0.29, 0.717) is 5.92 Å². The van der Waals surface area contributed by atoms with E-state index in [1.165, 1.54) is 27.0 Å². The molecule has 0 saturated carbocycles. The van der Waals surface area contributed by atoms with E-state index in [-0.39, 0.29) is 0 Å². The lowest BCUT2D eigenvalue weighted by atomic mass is 10.0. The summed E-state index contributed by atoms with van der Waals surface area (Å²) in [6.45, 7) is 4.54. The fourth-order valence-corrected chi connectivity index (χ4v) is 8.32. The summed E-state index contributed by atoms with van der Waals surface area (Å²) in [4.78, 5) is 0. The molecule has 1 heteroatoms. The van der Waals surface area contributed by atoms with Gasteiger partial charge in [0.25, 0.3) is 0 Å². The minimum absolute atomic E-state index is 0.535. The van der Waals surface area contributed by atoms with Crippen molar-refractivity contribution in [3.63, 3.8) is 0 Å². The first kappa shape index (κ1) is 19.6. The first-order valence-electron chi connectivity index (χ1n) is 10.3. The molecular formula is C28H28P+. The van der Waals surface area contributed by atoms with E-state index in [1.54, 1.807) is 0 Å². The fourth-order valence-electron chi connectivity index (χ4n) is 4.09. The fraction of sp³-hybridized carbons (Fsp3) is 0.143. The summed E-state index contributed by atoms with van der Waals surface area (Å²) < 4.78 is 0. The molecule has 0 amide bonds. The molecule has 0 radical (unpaired) electrons. The number of rotatable bonds is 6. The molecule has 29 heavy (non-hydrogen) atoms. The summed E-state index contributed by atoms with van der Waals surface area (Å²) in [7, 11) is -1.83. The van der Waals surface area contributed by atoms with Gasteiger partial charge in [0.2, 0.25) is 0 Å². The molecule has 0 saturated heterocycles. The molecular weight excluding hydrogens is 367 g/mol. The second-order valence-electron chi connectivity index (χ2n) is 7.87. The third kappa shape index (κ3) is 4.04. The third-order valence-electron chi connectivity index (χ3n) is 5.63. The molecule has 0 spiro atoms. The average Bonchev–Trinajstić information content (AvgIpc) is 2.79. The van der Waals surface area contributed by atoms with Crippen LogP contribution in [0.25, 0.3) is 0 Å². The molecule has 0 unspecified atom stereocenters. The lowest BCUT2D eigenvalue weighted by Crippen LogP contribution is -2.32. The lowest BCUT2D eigenvalue weighted by Gasteiger charge is -2.28. The van der Waals surface area contributed by atoms with E-state index in [9.17, 15) is 0 Å². The monoisotopic (exact) mass is 395 g/mol. The zero-order valence-electron chi connectivity index (χ0n) is 17.2. The molecule has 0 nitrogen and oxygen atoms in total. The van der Waals surface area contributed by atoms with Crippen molar-refractivity contribution in [3.8, 4) is 0 Å². The maximum absolute atomic E-state index is 2.41. The number of hydrogen-bond acceptors (Lipinski definition) is 0. The van der Waals surface area contributed by atoms with Crippen LogP contribution in [0, 0.1) is 0 Å². The minimum Gasteiger partial charge on any atom is -0.0620 e. The van der Waals surface area contributed by atoms with Gasteiger partial charge in [-0.2, -0.15) is 0 Å². The Hall–Kier alpha value is -2.69. The van der Waals surface area contributed by atoms with Crippen LogP contribution in [0.3, 0.4) is 0 Å². The highest BCUT2D eigenvalue weighted by Crippen LogP contribution is 2.58. The first-order valence-corrected chi connectivity index (χ1v) is 12.3. The van der Waals surface area contributed by atoms with Crippen molar-refractivity contribution in [1.29, 1.82) is 0 Å². The van der Waals surface area contributed by atoms with Gasteiger partial charge in [-0.15, -0.1) is 0 Å². The van der Waals surface area contributed by atoms with Crippen molar-refractivity contribution in [2.45, 2.75) is 25.9 Å². The molecule has 0 bridgehead atoms. The van der Waals surface area contributed by atoms with Crippen molar-refractivity contribution >= 4 is 23.2 Å². The Kier molecular flexibility index (Phi) is 5.93. The molecule has 0 aromatic heterocycles. The standard InChI is InChI=1S/C28H28P/c1-23(2)25-14-12-13-24(21-25)22-29(26-15-6-3-7-16-26,27-17-8-4-9-18-27)28-19-10-5-11-20-28/h3-21,23H,22H2,1-2H3/q+1. The molecule has 0 aliphatic carbocycles. The Labute approximate surface area is 175 Å². The molecule has 0 aliphatic rings. The molecule has 0 aliphatic heterocycles. The highest BCUT2D eigenvalue weighted by Gasteiger charge is 2.45. The molecule has 0 heterocycles. The normalized spacial score (nSPS) is 11.6. The molecule has 0 N–H and O–H groups in total. The van der Waals surface area contributed by atoms with Crippen LogP contribution in [0.15, 0.2) is 115 Å². The van der Waals surface area contributed by atoms with Crippen molar-refractivity contribution in [2.24, 2.45) is 0 Å². The first-order chi connectivity index (χ1) is 14.2. The van der Waals surface area contributed by atoms with E-state index >= 15 is 0 Å². The van der Waals surface area contributed by atoms with Crippen molar-refractivity contribution in [1.82, 2.24) is 0 Å². The molecule has 4 aromatic carbocycles. The summed E-state index contributed by atoms with van der Waals surface area (Å²) in [5.74, 6) is 0.535. The van der Waals surface area contributed by atoms with Gasteiger partial charge in [0.1, 0.15) is 23.2 Å². The third-order valence-corrected chi connectivity index (χ3v) is 10.0. The van der Waals surface area contributed by atoms with Crippen LogP contribution in [0.5, 0.6) is 0 Å². The Morgan fingerprint density at radius 1 is 0.552 bits per heavy atom. The second kappa shape index (κ2) is 8.76. The summed E-state index contributed by atoms with van der Waals surface area (Å²) in [5.41, 5.74) is 2.83. The van der Waals surface area contributed by atoms with E-state index in [0.717, 1.165) is 6.16 Å². The van der Waals surface area contributed by atoms with E-state index < -0.39 is 7.26 Å². The topological polar surface area (TPSA) is 0 Å². The van der Waals surface area contributed by atoms with Gasteiger partial charge in [-0.25, -0.2) is 0 Å². The van der Waals surface area contributed by atoms with Crippen LogP contribution in [0.1, 0.15) is 30.9 Å². The Bertz CT molecular complexity index is 941. The summed E-state index contributed by atoms with van der Waals surface area (Å²) in [6, 6.07) is 42.5. The quantitative estimate of drug-likeness (QED) is 0.336. The smallest absolute Gasteiger partial charge is 0.0620 e. The number of benzene rings is 4. The van der Waals surface area contributed by atoms with Crippen LogP contribution >= 0.6 is 7.26 Å². The van der Waals surface area contributed by atoms with Gasteiger partial charge in [0, 0.05) is 0 Å². The van der Waals surface area contributed by atoms with Gasteiger partial charge < -0.3 is 0 Å². The van der Waals surface area contributed by atoms with Gasteiger partial charge in [-0.3, -0.25) is 0 Å². The lowest BCUT2D eigenvalue weighted by molar-refractivity contribution is 0.864. The zero-order chi connectivity index (χ0) is 20.1. The van der Waals surface area contributed by atoms with Crippen LogP contribution in [0.4, 0.5) is 0 Å². The predicted molar refractivity (Wildman–Crippen MR) is 129 cm³/mol. The Balaban J connectivity index is 1.97. The van der Waals surface area contributed by atoms with Gasteiger partial charge in [-0.1, -0.05) is 92.7 Å². The van der Waals surface area contributed by atoms with Gasteiger partial charge in [-0.05, 0) is 53.4 Å². The molecule has 144 valence electrons. The van der Waals surface area contributed by atoms with E-state index in [1.807, 2.05) is 0 Å². The summed E-state index contributed by atoms with van der Waals surface area (Å²) in [5, 5.41) is 4.31. The van der Waals surface area contributed by atoms with Crippen LogP contribution < -0.4 is 15.9 Å². The van der Waals surface area contributed by atoms with Crippen LogP contribution in [0.2, 0.25) is 0 Å². The summed E-state index contributed by atoms with van der Waals surface area (Å²) in [6.07, 6.45) is 1.03. The highest BCUT2D eigenvalue weighted by atomic mass is 31.2. The maximum atomic E-state index is 2.41. The van der Waals surface area contributed by atoms with Gasteiger partial charge in [0.05, 0.1) is 6.16 Å². The zero-order valence-corrected chi connectivity index (χ0v) is 18.1. The van der Waals surface area contributed by atoms with Crippen LogP contribution in [-0.2, 0) is 6.16 Å². The predicted octanol–water partition coefficient (Wildman–Crippen LogP) is 6.30. The van der Waals surface area contributed by atoms with Crippen molar-refractivity contribution < 1.29 is 0 Å². The van der Waals surface area contributed by atoms with Crippen LogP contribution in [-0.4, -0.2) is 0 Å². The highest BCUT2D eigenvalue weighted by molar-refractivity contribution is 7.95. The molecule has 4 rings (SSSR count). The second-order valence-corrected chi connectivity index (χ2v) is 11.4. The Morgan fingerprint density at radius 2 is 1.00 bits per heavy atom. The summed E-state index contributed by atoms with van der Waals surface area (Å²) >= 11 is 0. The van der Waals surface area contributed by atoms with Crippen molar-refractivity contribution in [3.05, 3.63) is 126 Å². The largest absolute Gasteiger partial charge is 0.116 e. The minimum atomic E-state index is -1.83. The van der Waals surface area contributed by atoms with E-state index in [4.69, 9.17) is 0 Å². The van der Waals surface area contributed by atoms with Crippen molar-refractivity contribution in [2.75, 3.05) is 0 Å². The molecule has 4 aromatic rings. The van der Waals surface area contributed by atoms with Gasteiger partial charge in [0.15, 0.2) is 0 Å². The van der Waals surface area contributed by atoms with E-state index in [2.05, 4.69) is 129 Å². The van der Waals surface area contributed by atoms with Gasteiger partial charge >= 0.3 is 0 Å². The maximum Gasteiger partial charge on any atom is 0.116 e. The average molecular weight is 396 g/mol. The molecule has 0 atom stereocenters.